The van der Waals surface area contributed by atoms with Crippen LogP contribution >= 0.6 is 0 Å². The summed E-state index contributed by atoms with van der Waals surface area (Å²) in [5, 5.41) is 14.2. The Balaban J connectivity index is 1.46. The van der Waals surface area contributed by atoms with Crippen molar-refractivity contribution in [2.75, 3.05) is 0 Å². The van der Waals surface area contributed by atoms with Gasteiger partial charge in [0.2, 0.25) is 0 Å². The number of tetrazole rings is 1. The minimum atomic E-state index is -0.0897. The third-order valence-corrected chi connectivity index (χ3v) is 7.95. The molecule has 198 valence electrons. The molecule has 1 aliphatic rings. The van der Waals surface area contributed by atoms with Crippen LogP contribution in [0, 0.1) is 11.8 Å². The monoisotopic (exact) mass is 513 g/mol. The minimum absolute atomic E-state index is 0.0278. The van der Waals surface area contributed by atoms with E-state index in [1.807, 2.05) is 57.9 Å². The average molecular weight is 514 g/mol. The summed E-state index contributed by atoms with van der Waals surface area (Å²) < 4.78 is 3.75. The highest BCUT2D eigenvalue weighted by Gasteiger charge is 2.40. The number of Topliss-reactive ketones (excluding diaryl/α,β-unsaturated/α-hetero) is 1. The zero-order valence-corrected chi connectivity index (χ0v) is 22.3. The van der Waals surface area contributed by atoms with E-state index in [1.165, 1.54) is 0 Å². The smallest absolute Gasteiger partial charge is 0.300 e. The molecule has 3 atom stereocenters. The molecular formula is C29H35N7O2. The van der Waals surface area contributed by atoms with Crippen LogP contribution in [0.3, 0.4) is 0 Å². The number of aromatic nitrogens is 7. The Bertz CT molecular complexity index is 1440. The van der Waals surface area contributed by atoms with E-state index in [2.05, 4.69) is 34.5 Å². The summed E-state index contributed by atoms with van der Waals surface area (Å²) in [6.07, 6.45) is 9.56. The van der Waals surface area contributed by atoms with E-state index in [1.54, 1.807) is 6.92 Å². The van der Waals surface area contributed by atoms with E-state index in [4.69, 9.17) is 4.98 Å². The standard InChI is InChI=1S/C29H35N7O2/c1-4-6-9-22-18-36(27-21(5-2)13-14-23(27)19(3)37)29(38)35(22)17-20-12-15-26(30-16-20)24-10-7-8-11-25(24)28-31-33-34-32-28/h7-8,10-12,15-16,18,21,23,27H,4-6,9,13-14,17H2,1-3H3,(H,31,32,33,34). The third kappa shape index (κ3) is 4.97. The summed E-state index contributed by atoms with van der Waals surface area (Å²) >= 11 is 0. The van der Waals surface area contributed by atoms with Gasteiger partial charge >= 0.3 is 5.69 Å². The van der Waals surface area contributed by atoms with Gasteiger partial charge in [-0.3, -0.25) is 18.9 Å². The second kappa shape index (κ2) is 11.2. The zero-order chi connectivity index (χ0) is 26.6. The number of nitrogens with zero attached hydrogens (tertiary/aromatic N) is 6. The maximum absolute atomic E-state index is 13.8. The van der Waals surface area contributed by atoms with Gasteiger partial charge in [0, 0.05) is 35.1 Å². The average Bonchev–Trinajstić information content (AvgIpc) is 3.68. The lowest BCUT2D eigenvalue weighted by Gasteiger charge is -2.23. The number of carbonyl (C=O) groups is 1. The molecular weight excluding hydrogens is 478 g/mol. The summed E-state index contributed by atoms with van der Waals surface area (Å²) in [5.41, 5.74) is 4.54. The van der Waals surface area contributed by atoms with Gasteiger partial charge in [-0.15, -0.1) is 5.10 Å². The van der Waals surface area contributed by atoms with E-state index in [0.29, 0.717) is 18.3 Å². The topological polar surface area (TPSA) is 111 Å². The maximum atomic E-state index is 13.8. The van der Waals surface area contributed by atoms with Crippen molar-refractivity contribution in [3.8, 4) is 22.6 Å². The van der Waals surface area contributed by atoms with Crippen molar-refractivity contribution in [1.82, 2.24) is 34.7 Å². The van der Waals surface area contributed by atoms with Gasteiger partial charge in [0.25, 0.3) is 0 Å². The fourth-order valence-corrected chi connectivity index (χ4v) is 5.91. The van der Waals surface area contributed by atoms with Crippen LogP contribution < -0.4 is 5.69 Å². The van der Waals surface area contributed by atoms with Crippen molar-refractivity contribution < 1.29 is 4.79 Å². The predicted molar refractivity (Wildman–Crippen MR) is 145 cm³/mol. The molecule has 1 saturated carbocycles. The quantitative estimate of drug-likeness (QED) is 0.325. The largest absolute Gasteiger partial charge is 0.328 e. The number of hydrogen-bond donors (Lipinski definition) is 1. The van der Waals surface area contributed by atoms with Gasteiger partial charge in [-0.2, -0.15) is 0 Å². The number of H-pyrrole nitrogens is 1. The molecule has 1 N–H and O–H groups in total. The molecule has 1 aromatic carbocycles. The molecule has 3 heterocycles. The molecule has 0 saturated heterocycles. The van der Waals surface area contributed by atoms with Crippen molar-refractivity contribution in [2.24, 2.45) is 11.8 Å². The van der Waals surface area contributed by atoms with Crippen molar-refractivity contribution in [3.05, 3.63) is 70.5 Å². The minimum Gasteiger partial charge on any atom is -0.300 e. The predicted octanol–water partition coefficient (Wildman–Crippen LogP) is 4.85. The fraction of sp³-hybridized carbons (Fsp3) is 0.448. The van der Waals surface area contributed by atoms with Gasteiger partial charge in [-0.1, -0.05) is 57.0 Å². The summed E-state index contributed by atoms with van der Waals surface area (Å²) in [6, 6.07) is 11.8. The maximum Gasteiger partial charge on any atom is 0.328 e. The van der Waals surface area contributed by atoms with E-state index in [-0.39, 0.29) is 23.4 Å². The van der Waals surface area contributed by atoms with Crippen LogP contribution in [-0.4, -0.2) is 40.5 Å². The van der Waals surface area contributed by atoms with Crippen LogP contribution in [0.2, 0.25) is 0 Å². The molecule has 9 heteroatoms. The molecule has 0 spiro atoms. The summed E-state index contributed by atoms with van der Waals surface area (Å²) in [6.45, 7) is 6.43. The Labute approximate surface area is 222 Å². The van der Waals surface area contributed by atoms with Crippen LogP contribution in [0.4, 0.5) is 0 Å². The highest BCUT2D eigenvalue weighted by Crippen LogP contribution is 2.42. The first-order chi connectivity index (χ1) is 18.5. The highest BCUT2D eigenvalue weighted by atomic mass is 16.2. The summed E-state index contributed by atoms with van der Waals surface area (Å²) in [7, 11) is 0. The summed E-state index contributed by atoms with van der Waals surface area (Å²) in [5.74, 6) is 1.02. The van der Waals surface area contributed by atoms with Crippen molar-refractivity contribution in [3.63, 3.8) is 0 Å². The Morgan fingerprint density at radius 1 is 1.11 bits per heavy atom. The molecule has 38 heavy (non-hydrogen) atoms. The molecule has 0 amide bonds. The van der Waals surface area contributed by atoms with E-state index >= 15 is 0 Å². The number of unbranched alkanes of at least 4 members (excludes halogenated alkanes) is 1. The molecule has 3 aromatic heterocycles. The molecule has 9 nitrogen and oxygen atoms in total. The summed E-state index contributed by atoms with van der Waals surface area (Å²) in [4.78, 5) is 31.0. The van der Waals surface area contributed by atoms with Gasteiger partial charge in [-0.25, -0.2) is 9.89 Å². The molecule has 0 aliphatic heterocycles. The molecule has 0 radical (unpaired) electrons. The molecule has 4 aromatic rings. The van der Waals surface area contributed by atoms with Crippen LogP contribution in [0.1, 0.15) is 70.2 Å². The number of aromatic amines is 1. The fourth-order valence-electron chi connectivity index (χ4n) is 5.91. The second-order valence-corrected chi connectivity index (χ2v) is 10.3. The van der Waals surface area contributed by atoms with Crippen molar-refractivity contribution >= 4 is 5.78 Å². The molecule has 5 rings (SSSR count). The number of ketones is 1. The van der Waals surface area contributed by atoms with E-state index in [0.717, 1.165) is 66.6 Å². The first-order valence-corrected chi connectivity index (χ1v) is 13.6. The lowest BCUT2D eigenvalue weighted by atomic mass is 9.93. The number of aryl methyl sites for hydroxylation is 1. The molecule has 3 unspecified atom stereocenters. The normalized spacial score (nSPS) is 19.2. The van der Waals surface area contributed by atoms with Gasteiger partial charge in [0.05, 0.1) is 18.3 Å². The number of nitrogens with one attached hydrogen (secondary N) is 1. The number of imidazole rings is 1. The molecule has 0 bridgehead atoms. The zero-order valence-electron chi connectivity index (χ0n) is 22.3. The molecule has 1 fully saturated rings. The first kappa shape index (κ1) is 25.8. The Kier molecular flexibility index (Phi) is 7.62. The van der Waals surface area contributed by atoms with Crippen LogP contribution in [-0.2, 0) is 17.8 Å². The Hall–Kier alpha value is -3.88. The number of benzene rings is 1. The number of carbonyl (C=O) groups excluding carboxylic acids is 1. The second-order valence-electron chi connectivity index (χ2n) is 10.3. The van der Waals surface area contributed by atoms with Crippen molar-refractivity contribution in [1.29, 1.82) is 0 Å². The SMILES string of the molecule is CCCCc1cn(C2C(CC)CCC2C(C)=O)c(=O)n1Cc1ccc(-c2ccccc2-c2nnn[nH]2)nc1. The van der Waals surface area contributed by atoms with E-state index in [9.17, 15) is 9.59 Å². The van der Waals surface area contributed by atoms with Gasteiger partial charge in [-0.05, 0) is 60.6 Å². The Morgan fingerprint density at radius 2 is 1.92 bits per heavy atom. The number of rotatable bonds is 10. The number of pyridine rings is 1. The van der Waals surface area contributed by atoms with Gasteiger partial charge < -0.3 is 0 Å². The lowest BCUT2D eigenvalue weighted by molar-refractivity contribution is -0.121. The van der Waals surface area contributed by atoms with Gasteiger partial charge in [0.15, 0.2) is 5.82 Å². The number of hydrogen-bond acceptors (Lipinski definition) is 6. The Morgan fingerprint density at radius 3 is 2.58 bits per heavy atom. The lowest BCUT2D eigenvalue weighted by Crippen LogP contribution is -2.34. The van der Waals surface area contributed by atoms with Crippen LogP contribution in [0.25, 0.3) is 22.6 Å². The van der Waals surface area contributed by atoms with Crippen LogP contribution in [0.5, 0.6) is 0 Å². The third-order valence-electron chi connectivity index (χ3n) is 7.95. The highest BCUT2D eigenvalue weighted by molar-refractivity contribution is 5.79. The molecule has 1 aliphatic carbocycles. The first-order valence-electron chi connectivity index (χ1n) is 13.6. The van der Waals surface area contributed by atoms with Crippen molar-refractivity contribution in [2.45, 2.75) is 71.9 Å². The van der Waals surface area contributed by atoms with E-state index < -0.39 is 0 Å². The van der Waals surface area contributed by atoms with Gasteiger partial charge in [0.1, 0.15) is 5.78 Å². The van der Waals surface area contributed by atoms with Crippen LogP contribution in [0.15, 0.2) is 53.6 Å².